The van der Waals surface area contributed by atoms with E-state index in [4.69, 9.17) is 0 Å². The topological polar surface area (TPSA) is 0 Å². The SMILES string of the molecule is CC(C)(C)c1ccc(/C=C2\C=CC=C2c2ccc(C(C)(C)C)cc2)cc1. The second kappa shape index (κ2) is 6.76. The van der Waals surface area contributed by atoms with Crippen LogP contribution in [-0.4, -0.2) is 0 Å². The number of hydrogen-bond donors (Lipinski definition) is 0. The first-order valence-corrected chi connectivity index (χ1v) is 9.46. The van der Waals surface area contributed by atoms with Gasteiger partial charge < -0.3 is 0 Å². The van der Waals surface area contributed by atoms with Crippen molar-refractivity contribution < 1.29 is 0 Å². The third-order valence-corrected chi connectivity index (χ3v) is 5.01. The van der Waals surface area contributed by atoms with Crippen molar-refractivity contribution in [1.82, 2.24) is 0 Å². The summed E-state index contributed by atoms with van der Waals surface area (Å²) in [6, 6.07) is 17.9. The van der Waals surface area contributed by atoms with E-state index in [0.717, 1.165) is 0 Å². The molecule has 0 N–H and O–H groups in total. The monoisotopic (exact) mass is 342 g/mol. The molecule has 0 saturated heterocycles. The molecule has 0 saturated carbocycles. The zero-order valence-electron chi connectivity index (χ0n) is 16.9. The van der Waals surface area contributed by atoms with Crippen LogP contribution in [0.1, 0.15) is 63.8 Å². The van der Waals surface area contributed by atoms with Crippen LogP contribution in [-0.2, 0) is 10.8 Å². The Bertz CT molecular complexity index is 856. The first kappa shape index (κ1) is 18.5. The van der Waals surface area contributed by atoms with E-state index < -0.39 is 0 Å². The zero-order valence-corrected chi connectivity index (χ0v) is 16.9. The van der Waals surface area contributed by atoms with Gasteiger partial charge in [-0.25, -0.2) is 0 Å². The lowest BCUT2D eigenvalue weighted by molar-refractivity contribution is 0.590. The predicted octanol–water partition coefficient (Wildman–Crippen LogP) is 7.32. The lowest BCUT2D eigenvalue weighted by Gasteiger charge is -2.19. The fourth-order valence-corrected chi connectivity index (χ4v) is 3.23. The molecule has 0 nitrogen and oxygen atoms in total. The minimum Gasteiger partial charge on any atom is -0.0610 e. The first-order valence-electron chi connectivity index (χ1n) is 9.46. The summed E-state index contributed by atoms with van der Waals surface area (Å²) >= 11 is 0. The second-order valence-electron chi connectivity index (χ2n) is 9.24. The fraction of sp³-hybridized carbons (Fsp3) is 0.308. The quantitative estimate of drug-likeness (QED) is 0.536. The van der Waals surface area contributed by atoms with Gasteiger partial charge in [0.25, 0.3) is 0 Å². The Morgan fingerprint density at radius 1 is 0.654 bits per heavy atom. The molecule has 0 atom stereocenters. The van der Waals surface area contributed by atoms with Gasteiger partial charge in [0.05, 0.1) is 0 Å². The lowest BCUT2D eigenvalue weighted by atomic mass is 9.85. The van der Waals surface area contributed by atoms with Crippen LogP contribution < -0.4 is 0 Å². The number of hydrogen-bond acceptors (Lipinski definition) is 0. The standard InChI is InChI=1S/C26H30/c1-25(2,3)22-14-10-19(11-15-22)18-21-8-7-9-24(21)20-12-16-23(17-13-20)26(4,5)6/h7-18H,1-6H3/b21-18+. The highest BCUT2D eigenvalue weighted by atomic mass is 14.2. The first-order chi connectivity index (χ1) is 12.1. The van der Waals surface area contributed by atoms with Gasteiger partial charge in [-0.2, -0.15) is 0 Å². The van der Waals surface area contributed by atoms with E-state index >= 15 is 0 Å². The van der Waals surface area contributed by atoms with Gasteiger partial charge >= 0.3 is 0 Å². The van der Waals surface area contributed by atoms with Gasteiger partial charge in [-0.1, -0.05) is 108 Å². The van der Waals surface area contributed by atoms with Crippen molar-refractivity contribution in [3.63, 3.8) is 0 Å². The van der Waals surface area contributed by atoms with Crippen molar-refractivity contribution in [2.75, 3.05) is 0 Å². The molecule has 26 heavy (non-hydrogen) atoms. The van der Waals surface area contributed by atoms with Gasteiger partial charge in [0.1, 0.15) is 0 Å². The molecule has 0 heterocycles. The summed E-state index contributed by atoms with van der Waals surface area (Å²) < 4.78 is 0. The fourth-order valence-electron chi connectivity index (χ4n) is 3.23. The average molecular weight is 343 g/mol. The van der Waals surface area contributed by atoms with Crippen LogP contribution >= 0.6 is 0 Å². The maximum absolute atomic E-state index is 2.28. The Balaban J connectivity index is 1.86. The van der Waals surface area contributed by atoms with Gasteiger partial charge in [0.2, 0.25) is 0 Å². The van der Waals surface area contributed by atoms with E-state index in [9.17, 15) is 0 Å². The molecule has 0 amide bonds. The van der Waals surface area contributed by atoms with Crippen LogP contribution in [0.15, 0.2) is 72.3 Å². The minimum absolute atomic E-state index is 0.189. The molecule has 1 aliphatic carbocycles. The van der Waals surface area contributed by atoms with Gasteiger partial charge in [-0.3, -0.25) is 0 Å². The van der Waals surface area contributed by atoms with Crippen molar-refractivity contribution >= 4 is 11.6 Å². The van der Waals surface area contributed by atoms with Crippen LogP contribution in [0.4, 0.5) is 0 Å². The molecule has 0 unspecified atom stereocenters. The van der Waals surface area contributed by atoms with E-state index in [1.807, 2.05) is 0 Å². The zero-order chi connectivity index (χ0) is 18.9. The highest BCUT2D eigenvalue weighted by Crippen LogP contribution is 2.32. The van der Waals surface area contributed by atoms with Crippen LogP contribution in [0.5, 0.6) is 0 Å². The molecular formula is C26H30. The van der Waals surface area contributed by atoms with Crippen molar-refractivity contribution in [1.29, 1.82) is 0 Å². The average Bonchev–Trinajstić information content (AvgIpc) is 3.02. The number of benzene rings is 2. The van der Waals surface area contributed by atoms with Gasteiger partial charge in [0, 0.05) is 0 Å². The molecule has 134 valence electrons. The number of allylic oxidation sites excluding steroid dienone is 5. The summed E-state index contributed by atoms with van der Waals surface area (Å²) in [4.78, 5) is 0. The van der Waals surface area contributed by atoms with Crippen LogP contribution in [0.2, 0.25) is 0 Å². The van der Waals surface area contributed by atoms with Gasteiger partial charge in [0.15, 0.2) is 0 Å². The summed E-state index contributed by atoms with van der Waals surface area (Å²) in [5, 5.41) is 0. The summed E-state index contributed by atoms with van der Waals surface area (Å²) in [6.07, 6.45) is 8.83. The summed E-state index contributed by atoms with van der Waals surface area (Å²) in [5.41, 5.74) is 8.22. The molecule has 2 aromatic rings. The molecule has 2 aromatic carbocycles. The number of rotatable bonds is 2. The Morgan fingerprint density at radius 3 is 1.65 bits per heavy atom. The van der Waals surface area contributed by atoms with Crippen LogP contribution in [0.3, 0.4) is 0 Å². The molecule has 0 fully saturated rings. The molecule has 0 bridgehead atoms. The largest absolute Gasteiger partial charge is 0.0610 e. The minimum atomic E-state index is 0.189. The maximum Gasteiger partial charge on any atom is -0.0111 e. The van der Waals surface area contributed by atoms with Gasteiger partial charge in [-0.05, 0) is 50.3 Å². The van der Waals surface area contributed by atoms with Crippen molar-refractivity contribution in [2.24, 2.45) is 0 Å². The van der Waals surface area contributed by atoms with Crippen molar-refractivity contribution in [3.05, 3.63) is 94.6 Å². The molecule has 0 heteroatoms. The van der Waals surface area contributed by atoms with Crippen molar-refractivity contribution in [2.45, 2.75) is 52.4 Å². The summed E-state index contributed by atoms with van der Waals surface area (Å²) in [5.74, 6) is 0. The molecule has 0 radical (unpaired) electrons. The van der Waals surface area contributed by atoms with E-state index in [0.29, 0.717) is 0 Å². The van der Waals surface area contributed by atoms with E-state index in [1.165, 1.54) is 33.4 Å². The smallest absolute Gasteiger partial charge is 0.0111 e. The predicted molar refractivity (Wildman–Crippen MR) is 115 cm³/mol. The van der Waals surface area contributed by atoms with E-state index in [-0.39, 0.29) is 10.8 Å². The lowest BCUT2D eigenvalue weighted by Crippen LogP contribution is -2.10. The Hall–Kier alpha value is -2.34. The Kier molecular flexibility index (Phi) is 4.80. The Morgan fingerprint density at radius 2 is 1.15 bits per heavy atom. The molecule has 3 rings (SSSR count). The second-order valence-corrected chi connectivity index (χ2v) is 9.24. The molecule has 0 aliphatic heterocycles. The highest BCUT2D eigenvalue weighted by Gasteiger charge is 2.15. The van der Waals surface area contributed by atoms with Crippen LogP contribution in [0.25, 0.3) is 11.6 Å². The highest BCUT2D eigenvalue weighted by molar-refractivity contribution is 5.90. The third kappa shape index (κ3) is 4.07. The van der Waals surface area contributed by atoms with E-state index in [1.54, 1.807) is 0 Å². The summed E-state index contributed by atoms with van der Waals surface area (Å²) in [7, 11) is 0. The molecule has 1 aliphatic rings. The van der Waals surface area contributed by atoms with Gasteiger partial charge in [-0.15, -0.1) is 0 Å². The molecular weight excluding hydrogens is 312 g/mol. The van der Waals surface area contributed by atoms with Crippen LogP contribution in [0, 0.1) is 0 Å². The van der Waals surface area contributed by atoms with E-state index in [2.05, 4.69) is 114 Å². The van der Waals surface area contributed by atoms with Crippen molar-refractivity contribution in [3.8, 4) is 0 Å². The molecule has 0 spiro atoms. The third-order valence-electron chi connectivity index (χ3n) is 5.01. The molecule has 0 aromatic heterocycles. The Labute approximate surface area is 159 Å². The normalized spacial score (nSPS) is 16.2. The maximum atomic E-state index is 2.28. The summed E-state index contributed by atoms with van der Waals surface area (Å²) in [6.45, 7) is 13.5.